The number of ether oxygens (including phenoxy) is 1. The van der Waals surface area contributed by atoms with Crippen molar-refractivity contribution in [3.05, 3.63) is 83.3 Å². The average molecular weight is 639 g/mol. The van der Waals surface area contributed by atoms with Gasteiger partial charge in [-0.05, 0) is 54.8 Å². The van der Waals surface area contributed by atoms with E-state index in [-0.39, 0.29) is 36.2 Å². The number of imide groups is 1. The summed E-state index contributed by atoms with van der Waals surface area (Å²) in [5.41, 5.74) is 0.796. The second-order valence-corrected chi connectivity index (χ2v) is 11.3. The van der Waals surface area contributed by atoms with Crippen LogP contribution in [0, 0.1) is 5.82 Å². The van der Waals surface area contributed by atoms with Crippen molar-refractivity contribution < 1.29 is 36.7 Å². The molecule has 3 heterocycles. The number of amides is 4. The van der Waals surface area contributed by atoms with Gasteiger partial charge in [-0.15, -0.1) is 0 Å². The van der Waals surface area contributed by atoms with Gasteiger partial charge in [0.05, 0.1) is 35.6 Å². The molecule has 2 aliphatic rings. The van der Waals surface area contributed by atoms with E-state index in [9.17, 15) is 31.9 Å². The molecule has 0 radical (unpaired) electrons. The maximum atomic E-state index is 14.9. The predicted molar refractivity (Wildman–Crippen MR) is 161 cm³/mol. The van der Waals surface area contributed by atoms with E-state index in [1.165, 1.54) is 30.2 Å². The third-order valence-electron chi connectivity index (χ3n) is 8.24. The Morgan fingerprint density at radius 1 is 1.07 bits per heavy atom. The van der Waals surface area contributed by atoms with Crippen molar-refractivity contribution in [3.63, 3.8) is 0 Å². The number of halogens is 4. The number of nitrogens with one attached hydrogen (secondary N) is 2. The Morgan fingerprint density at radius 2 is 1.85 bits per heavy atom. The number of urea groups is 1. The first-order valence-electron chi connectivity index (χ1n) is 14.7. The van der Waals surface area contributed by atoms with E-state index in [0.29, 0.717) is 23.5 Å². The molecule has 1 aromatic heterocycles. The van der Waals surface area contributed by atoms with Gasteiger partial charge in [-0.25, -0.2) is 9.18 Å². The number of anilines is 2. The van der Waals surface area contributed by atoms with Crippen LogP contribution in [-0.2, 0) is 17.5 Å². The van der Waals surface area contributed by atoms with E-state index >= 15 is 0 Å². The third kappa shape index (κ3) is 6.52. The van der Waals surface area contributed by atoms with Crippen LogP contribution in [0.15, 0.2) is 60.8 Å². The van der Waals surface area contributed by atoms with Crippen molar-refractivity contribution in [2.24, 2.45) is 0 Å². The maximum Gasteiger partial charge on any atom is 0.416 e. The minimum absolute atomic E-state index is 0.0947. The number of hydrogen-bond acceptors (Lipinski definition) is 6. The van der Waals surface area contributed by atoms with Crippen LogP contribution in [0.25, 0.3) is 10.9 Å². The maximum absolute atomic E-state index is 14.9. The molecule has 6 rings (SSSR count). The molecule has 2 saturated heterocycles. The van der Waals surface area contributed by atoms with E-state index in [2.05, 4.69) is 15.5 Å². The standard InChI is InChI=1S/C32H30F4N6O4/c1-46-28-16-25-21(15-26(28)37-30(44)20-3-2-4-22(14-20)32(34,35)36)18-42(39-25)23-7-10-40(11-8-23)17-19-5-6-27(24(33)13-19)41-12-9-29(43)38-31(41)45/h2-6,13-16,18,23H,7-12,17H2,1H3,(H,37,44)(H,38,43,45). The number of nitrogens with zero attached hydrogens (tertiary/aromatic N) is 4. The van der Waals surface area contributed by atoms with Gasteiger partial charge in [-0.3, -0.25) is 29.4 Å². The van der Waals surface area contributed by atoms with Gasteiger partial charge >= 0.3 is 12.2 Å². The molecule has 14 heteroatoms. The number of carbonyl (C=O) groups is 3. The van der Waals surface area contributed by atoms with Gasteiger partial charge in [-0.2, -0.15) is 18.3 Å². The number of piperidine rings is 1. The number of hydrogen-bond donors (Lipinski definition) is 2. The minimum atomic E-state index is -4.57. The fourth-order valence-electron chi connectivity index (χ4n) is 5.82. The summed E-state index contributed by atoms with van der Waals surface area (Å²) < 4.78 is 61.7. The fraction of sp³-hybridized carbons (Fsp3) is 0.312. The van der Waals surface area contributed by atoms with E-state index < -0.39 is 29.5 Å². The summed E-state index contributed by atoms with van der Waals surface area (Å²) in [6, 6.07) is 11.8. The fourth-order valence-corrected chi connectivity index (χ4v) is 5.82. The Kier molecular flexibility index (Phi) is 8.38. The van der Waals surface area contributed by atoms with Gasteiger partial charge in [0.15, 0.2) is 0 Å². The van der Waals surface area contributed by atoms with Crippen molar-refractivity contribution in [2.45, 2.75) is 38.0 Å². The number of aromatic nitrogens is 2. The molecule has 0 unspecified atom stereocenters. The largest absolute Gasteiger partial charge is 0.494 e. The highest BCUT2D eigenvalue weighted by molar-refractivity contribution is 6.06. The monoisotopic (exact) mass is 638 g/mol. The Bertz CT molecular complexity index is 1820. The molecule has 3 aromatic carbocycles. The number of rotatable bonds is 7. The molecule has 0 saturated carbocycles. The molecule has 2 fully saturated rings. The summed E-state index contributed by atoms with van der Waals surface area (Å²) in [7, 11) is 1.43. The first-order valence-corrected chi connectivity index (χ1v) is 14.7. The van der Waals surface area contributed by atoms with E-state index in [1.807, 2.05) is 10.9 Å². The van der Waals surface area contributed by atoms with Crippen LogP contribution in [0.4, 0.5) is 33.7 Å². The van der Waals surface area contributed by atoms with Crippen molar-refractivity contribution in [1.82, 2.24) is 20.0 Å². The minimum Gasteiger partial charge on any atom is -0.494 e. The first kappa shape index (κ1) is 31.0. The van der Waals surface area contributed by atoms with Gasteiger partial charge in [0.2, 0.25) is 5.91 Å². The number of alkyl halides is 3. The third-order valence-corrected chi connectivity index (χ3v) is 8.24. The number of benzene rings is 3. The summed E-state index contributed by atoms with van der Waals surface area (Å²) in [4.78, 5) is 39.8. The van der Waals surface area contributed by atoms with Gasteiger partial charge < -0.3 is 10.1 Å². The highest BCUT2D eigenvalue weighted by atomic mass is 19.4. The van der Waals surface area contributed by atoms with Gasteiger partial charge in [0.25, 0.3) is 5.91 Å². The number of fused-ring (bicyclic) bond motifs is 1. The van der Waals surface area contributed by atoms with Crippen LogP contribution in [0.3, 0.4) is 0 Å². The quantitative estimate of drug-likeness (QED) is 0.250. The Hall–Kier alpha value is -4.98. The number of likely N-dealkylation sites (tertiary alicyclic amines) is 1. The van der Waals surface area contributed by atoms with Crippen LogP contribution in [0.2, 0.25) is 0 Å². The smallest absolute Gasteiger partial charge is 0.416 e. The lowest BCUT2D eigenvalue weighted by Gasteiger charge is -2.32. The van der Waals surface area contributed by atoms with Crippen molar-refractivity contribution in [2.75, 3.05) is 37.0 Å². The van der Waals surface area contributed by atoms with Gasteiger partial charge in [0, 0.05) is 55.8 Å². The second kappa shape index (κ2) is 12.4. The summed E-state index contributed by atoms with van der Waals surface area (Å²) in [6.45, 7) is 2.13. The van der Waals surface area contributed by atoms with Crippen molar-refractivity contribution in [3.8, 4) is 5.75 Å². The SMILES string of the molecule is COc1cc2nn(C3CCN(Cc4ccc(N5CCC(=O)NC5=O)c(F)c4)CC3)cc2cc1NC(=O)c1cccc(C(F)(F)F)c1. The Balaban J connectivity index is 1.10. The van der Waals surface area contributed by atoms with Gasteiger partial charge in [0.1, 0.15) is 11.6 Å². The van der Waals surface area contributed by atoms with Crippen LogP contribution in [-0.4, -0.2) is 59.3 Å². The van der Waals surface area contributed by atoms with E-state index in [0.717, 1.165) is 49.0 Å². The average Bonchev–Trinajstić information content (AvgIpc) is 3.44. The molecule has 46 heavy (non-hydrogen) atoms. The molecule has 2 N–H and O–H groups in total. The second-order valence-electron chi connectivity index (χ2n) is 11.3. The van der Waals surface area contributed by atoms with Crippen LogP contribution in [0.1, 0.15) is 46.8 Å². The lowest BCUT2D eigenvalue weighted by molar-refractivity contribution is -0.137. The Labute approximate surface area is 260 Å². The number of carbonyl (C=O) groups excluding carboxylic acids is 3. The lowest BCUT2D eigenvalue weighted by Crippen LogP contribution is -2.49. The van der Waals surface area contributed by atoms with Crippen molar-refractivity contribution in [1.29, 1.82) is 0 Å². The van der Waals surface area contributed by atoms with Crippen molar-refractivity contribution >= 4 is 40.1 Å². The molecule has 0 atom stereocenters. The molecule has 0 aliphatic carbocycles. The molecular weight excluding hydrogens is 608 g/mol. The molecule has 4 aromatic rings. The molecule has 0 spiro atoms. The van der Waals surface area contributed by atoms with Gasteiger partial charge in [-0.1, -0.05) is 12.1 Å². The molecule has 240 valence electrons. The summed E-state index contributed by atoms with van der Waals surface area (Å²) in [5, 5.41) is 10.3. The molecular formula is C32H30F4N6O4. The predicted octanol–water partition coefficient (Wildman–Crippen LogP) is 5.74. The normalized spacial score (nSPS) is 16.5. The van der Waals surface area contributed by atoms with Crippen LogP contribution < -0.4 is 20.3 Å². The highest BCUT2D eigenvalue weighted by Gasteiger charge is 2.31. The summed E-state index contributed by atoms with van der Waals surface area (Å²) in [5.74, 6) is -1.29. The lowest BCUT2D eigenvalue weighted by atomic mass is 10.0. The van der Waals surface area contributed by atoms with Crippen LogP contribution in [0.5, 0.6) is 5.75 Å². The molecule has 0 bridgehead atoms. The number of methoxy groups -OCH3 is 1. The summed E-state index contributed by atoms with van der Waals surface area (Å²) >= 11 is 0. The molecule has 4 amide bonds. The summed E-state index contributed by atoms with van der Waals surface area (Å²) in [6.07, 6.45) is -1.02. The molecule has 10 nitrogen and oxygen atoms in total. The topological polar surface area (TPSA) is 109 Å². The first-order chi connectivity index (χ1) is 22.0. The van der Waals surface area contributed by atoms with E-state index in [4.69, 9.17) is 9.84 Å². The highest BCUT2D eigenvalue weighted by Crippen LogP contribution is 2.34. The molecule has 2 aliphatic heterocycles. The van der Waals surface area contributed by atoms with Crippen LogP contribution >= 0.6 is 0 Å². The zero-order valence-corrected chi connectivity index (χ0v) is 24.7. The van der Waals surface area contributed by atoms with E-state index in [1.54, 1.807) is 24.3 Å². The zero-order chi connectivity index (χ0) is 32.6. The zero-order valence-electron chi connectivity index (χ0n) is 24.7. The Morgan fingerprint density at radius 3 is 2.54 bits per heavy atom.